The summed E-state index contributed by atoms with van der Waals surface area (Å²) < 4.78 is 38.0. The van der Waals surface area contributed by atoms with E-state index in [-0.39, 0.29) is 23.4 Å². The number of esters is 1. The highest BCUT2D eigenvalue weighted by atomic mass is 35.5. The Bertz CT molecular complexity index is 728. The lowest BCUT2D eigenvalue weighted by Crippen LogP contribution is -2.44. The number of hydrogen-bond acceptors (Lipinski definition) is 7. The second kappa shape index (κ2) is 8.22. The van der Waals surface area contributed by atoms with Crippen molar-refractivity contribution in [2.75, 3.05) is 18.4 Å². The van der Waals surface area contributed by atoms with E-state index in [1.165, 1.54) is 19.2 Å². The molecule has 140 valence electrons. The first kappa shape index (κ1) is 19.8. The number of carbonyl (C=O) groups is 1. The fourth-order valence-electron chi connectivity index (χ4n) is 2.69. The van der Waals surface area contributed by atoms with Crippen molar-refractivity contribution in [1.29, 1.82) is 0 Å². The van der Waals surface area contributed by atoms with Gasteiger partial charge in [-0.2, -0.15) is 0 Å². The van der Waals surface area contributed by atoms with Gasteiger partial charge in [-0.15, -0.1) is 0 Å². The summed E-state index contributed by atoms with van der Waals surface area (Å²) >= 11 is 6.02. The van der Waals surface area contributed by atoms with Crippen molar-refractivity contribution in [2.24, 2.45) is 5.92 Å². The summed E-state index contributed by atoms with van der Waals surface area (Å²) in [6.45, 7) is 3.72. The number of carbonyl (C=O) groups excluding carboxylic acids is 1. The van der Waals surface area contributed by atoms with Crippen LogP contribution in [0, 0.1) is 5.92 Å². The van der Waals surface area contributed by atoms with Gasteiger partial charge in [-0.1, -0.05) is 18.5 Å². The Hall–Kier alpha value is -1.55. The molecule has 25 heavy (non-hydrogen) atoms. The second-order valence-corrected chi connectivity index (χ2v) is 7.71. The first-order valence-corrected chi connectivity index (χ1v) is 9.79. The van der Waals surface area contributed by atoms with E-state index in [2.05, 4.69) is 15.6 Å². The fraction of sp³-hybridized carbons (Fsp3) is 0.533. The molecule has 3 unspecified atom stereocenters. The average Bonchev–Trinajstić information content (AvgIpc) is 3.00. The smallest absolute Gasteiger partial charge is 0.313 e. The van der Waals surface area contributed by atoms with Crippen LogP contribution in [0.5, 0.6) is 5.75 Å². The number of nitrogens with one attached hydrogen (secondary N) is 3. The highest BCUT2D eigenvalue weighted by Crippen LogP contribution is 2.29. The first-order chi connectivity index (χ1) is 11.8. The lowest BCUT2D eigenvalue weighted by atomic mass is 10.00. The van der Waals surface area contributed by atoms with Gasteiger partial charge < -0.3 is 9.47 Å². The molecule has 0 aromatic heterocycles. The SMILES string of the molecule is CCOC(=O)C1C(CC)NNC1S(=O)(=O)Nc1ccc(OC)c(Cl)c1. The van der Waals surface area contributed by atoms with Crippen molar-refractivity contribution < 1.29 is 22.7 Å². The van der Waals surface area contributed by atoms with Gasteiger partial charge in [0.2, 0.25) is 0 Å². The third kappa shape index (κ3) is 4.35. The molecule has 3 N–H and O–H groups in total. The van der Waals surface area contributed by atoms with Gasteiger partial charge in [0, 0.05) is 6.04 Å². The number of rotatable bonds is 7. The maximum Gasteiger partial charge on any atom is 0.313 e. The Kier molecular flexibility index (Phi) is 6.50. The van der Waals surface area contributed by atoms with Crippen molar-refractivity contribution >= 4 is 33.3 Å². The van der Waals surface area contributed by atoms with Gasteiger partial charge in [0.25, 0.3) is 10.0 Å². The molecule has 1 aromatic carbocycles. The Labute approximate surface area is 152 Å². The van der Waals surface area contributed by atoms with E-state index in [9.17, 15) is 13.2 Å². The van der Waals surface area contributed by atoms with E-state index in [0.29, 0.717) is 12.2 Å². The molecule has 1 fully saturated rings. The van der Waals surface area contributed by atoms with E-state index >= 15 is 0 Å². The van der Waals surface area contributed by atoms with Gasteiger partial charge in [0.1, 0.15) is 11.7 Å². The summed E-state index contributed by atoms with van der Waals surface area (Å²) in [5.74, 6) is -0.994. The Balaban J connectivity index is 2.25. The minimum Gasteiger partial charge on any atom is -0.495 e. The molecule has 0 saturated carbocycles. The number of sulfonamides is 1. The van der Waals surface area contributed by atoms with E-state index < -0.39 is 27.3 Å². The molecule has 3 atom stereocenters. The number of hydrazine groups is 1. The number of benzene rings is 1. The molecule has 10 heteroatoms. The van der Waals surface area contributed by atoms with Gasteiger partial charge in [-0.25, -0.2) is 13.8 Å². The average molecular weight is 392 g/mol. The van der Waals surface area contributed by atoms with Gasteiger partial charge in [-0.05, 0) is 31.5 Å². The molecule has 0 bridgehead atoms. The molecule has 1 aliphatic heterocycles. The van der Waals surface area contributed by atoms with Crippen LogP contribution in [0.25, 0.3) is 0 Å². The molecular weight excluding hydrogens is 370 g/mol. The van der Waals surface area contributed by atoms with Crippen molar-refractivity contribution in [2.45, 2.75) is 31.7 Å². The molecule has 0 radical (unpaired) electrons. The van der Waals surface area contributed by atoms with Gasteiger partial charge >= 0.3 is 5.97 Å². The number of methoxy groups -OCH3 is 1. The first-order valence-electron chi connectivity index (χ1n) is 7.86. The molecule has 1 aromatic rings. The highest BCUT2D eigenvalue weighted by molar-refractivity contribution is 7.93. The minimum absolute atomic E-state index is 0.181. The lowest BCUT2D eigenvalue weighted by Gasteiger charge is -2.21. The zero-order valence-corrected chi connectivity index (χ0v) is 15.8. The summed E-state index contributed by atoms with van der Waals surface area (Å²) in [7, 11) is -2.46. The monoisotopic (exact) mass is 391 g/mol. The quantitative estimate of drug-likeness (QED) is 0.604. The predicted molar refractivity (Wildman–Crippen MR) is 94.8 cm³/mol. The van der Waals surface area contributed by atoms with Crippen LogP contribution in [0.15, 0.2) is 18.2 Å². The van der Waals surface area contributed by atoms with E-state index in [1.807, 2.05) is 6.92 Å². The molecule has 2 rings (SSSR count). The number of hydrogen-bond donors (Lipinski definition) is 3. The molecule has 0 amide bonds. The summed E-state index contributed by atoms with van der Waals surface area (Å²) in [5, 5.41) is -0.897. The fourth-order valence-corrected chi connectivity index (χ4v) is 4.44. The lowest BCUT2D eigenvalue weighted by molar-refractivity contribution is -0.148. The summed E-state index contributed by atoms with van der Waals surface area (Å²) in [6, 6.07) is 4.18. The van der Waals surface area contributed by atoms with E-state index in [1.54, 1.807) is 13.0 Å². The maximum absolute atomic E-state index is 12.8. The predicted octanol–water partition coefficient (Wildman–Crippen LogP) is 1.48. The van der Waals surface area contributed by atoms with Crippen LogP contribution in [0.2, 0.25) is 5.02 Å². The van der Waals surface area contributed by atoms with Crippen molar-refractivity contribution in [1.82, 2.24) is 10.9 Å². The van der Waals surface area contributed by atoms with Gasteiger partial charge in [0.05, 0.1) is 24.4 Å². The highest BCUT2D eigenvalue weighted by Gasteiger charge is 2.48. The van der Waals surface area contributed by atoms with Gasteiger partial charge in [-0.3, -0.25) is 14.9 Å². The summed E-state index contributed by atoms with van der Waals surface area (Å²) in [6.07, 6.45) is 0.566. The number of anilines is 1. The Morgan fingerprint density at radius 2 is 2.04 bits per heavy atom. The van der Waals surface area contributed by atoms with Crippen LogP contribution < -0.4 is 20.3 Å². The zero-order chi connectivity index (χ0) is 18.6. The normalized spacial score (nSPS) is 23.3. The van der Waals surface area contributed by atoms with E-state index in [4.69, 9.17) is 21.1 Å². The van der Waals surface area contributed by atoms with Gasteiger partial charge in [0.15, 0.2) is 5.37 Å². The third-order valence-electron chi connectivity index (χ3n) is 3.92. The summed E-state index contributed by atoms with van der Waals surface area (Å²) in [5.41, 5.74) is 5.81. The third-order valence-corrected chi connectivity index (χ3v) is 5.81. The van der Waals surface area contributed by atoms with Crippen LogP contribution in [-0.2, 0) is 19.6 Å². The van der Waals surface area contributed by atoms with E-state index in [0.717, 1.165) is 0 Å². The summed E-state index contributed by atoms with van der Waals surface area (Å²) in [4.78, 5) is 12.2. The van der Waals surface area contributed by atoms with Crippen LogP contribution in [-0.4, -0.2) is 39.5 Å². The standard InChI is InChI=1S/C15H22ClN3O5S/c1-4-11-13(15(20)24-5-2)14(18-17-11)25(21,22)19-9-6-7-12(23-3)10(16)8-9/h6-8,11,13-14,17-19H,4-5H2,1-3H3. The molecule has 0 spiro atoms. The van der Waals surface area contributed by atoms with Crippen molar-refractivity contribution in [3.8, 4) is 5.75 Å². The van der Waals surface area contributed by atoms with Crippen LogP contribution in [0.3, 0.4) is 0 Å². The molecule has 0 aliphatic carbocycles. The molecular formula is C15H22ClN3O5S. The minimum atomic E-state index is -3.93. The largest absolute Gasteiger partial charge is 0.495 e. The second-order valence-electron chi connectivity index (χ2n) is 5.50. The van der Waals surface area contributed by atoms with Crippen LogP contribution >= 0.6 is 11.6 Å². The van der Waals surface area contributed by atoms with Crippen molar-refractivity contribution in [3.05, 3.63) is 23.2 Å². The van der Waals surface area contributed by atoms with Crippen LogP contribution in [0.4, 0.5) is 5.69 Å². The Morgan fingerprint density at radius 3 is 2.60 bits per heavy atom. The molecule has 1 aliphatic rings. The number of ether oxygens (including phenoxy) is 2. The topological polar surface area (TPSA) is 106 Å². The number of halogens is 1. The molecule has 1 saturated heterocycles. The zero-order valence-electron chi connectivity index (χ0n) is 14.2. The van der Waals surface area contributed by atoms with Crippen LogP contribution in [0.1, 0.15) is 20.3 Å². The molecule has 8 nitrogen and oxygen atoms in total. The maximum atomic E-state index is 12.8. The Morgan fingerprint density at radius 1 is 1.32 bits per heavy atom. The molecule has 1 heterocycles. The van der Waals surface area contributed by atoms with Crippen molar-refractivity contribution in [3.63, 3.8) is 0 Å².